The van der Waals surface area contributed by atoms with Crippen LogP contribution in [0.5, 0.6) is 5.75 Å². The third-order valence-electron chi connectivity index (χ3n) is 2.93. The van der Waals surface area contributed by atoms with E-state index in [1.165, 1.54) is 24.3 Å². The van der Waals surface area contributed by atoms with Crippen LogP contribution in [0.1, 0.15) is 17.2 Å². The van der Waals surface area contributed by atoms with Gasteiger partial charge in [0.1, 0.15) is 11.6 Å². The molecular weight excluding hydrogens is 286 g/mol. The number of rotatable bonds is 4. The summed E-state index contributed by atoms with van der Waals surface area (Å²) in [5.74, 6) is -0.768. The molecule has 2 aromatic rings. The van der Waals surface area contributed by atoms with Crippen LogP contribution in [0.3, 0.4) is 0 Å². The van der Waals surface area contributed by atoms with Crippen LogP contribution in [0, 0.1) is 5.82 Å². The van der Waals surface area contributed by atoms with Crippen molar-refractivity contribution in [3.05, 3.63) is 65.5 Å². The van der Waals surface area contributed by atoms with Crippen molar-refractivity contribution in [3.8, 4) is 5.75 Å². The molecule has 2 aromatic carbocycles. The number of nitrogens with one attached hydrogen (secondary N) is 1. The Kier molecular flexibility index (Phi) is 4.47. The van der Waals surface area contributed by atoms with Gasteiger partial charge in [0.2, 0.25) is 0 Å². The predicted molar refractivity (Wildman–Crippen MR) is 70.4 cm³/mol. The Morgan fingerprint density at radius 1 is 1.05 bits per heavy atom. The summed E-state index contributed by atoms with van der Waals surface area (Å²) in [7, 11) is 1.61. The van der Waals surface area contributed by atoms with Crippen molar-refractivity contribution in [3.63, 3.8) is 0 Å². The van der Waals surface area contributed by atoms with Crippen molar-refractivity contribution in [2.45, 2.75) is 12.4 Å². The molecule has 1 atom stereocenters. The molecule has 112 valence electrons. The van der Waals surface area contributed by atoms with Crippen molar-refractivity contribution >= 4 is 0 Å². The number of hydrogen-bond donors (Lipinski definition) is 1. The number of ether oxygens (including phenoxy) is 1. The number of hydrogen-bond acceptors (Lipinski definition) is 2. The fraction of sp³-hybridized carbons (Fsp3) is 0.200. The van der Waals surface area contributed by atoms with Crippen molar-refractivity contribution < 1.29 is 22.3 Å². The zero-order chi connectivity index (χ0) is 15.5. The van der Waals surface area contributed by atoms with Crippen LogP contribution in [0.4, 0.5) is 17.6 Å². The van der Waals surface area contributed by atoms with Crippen molar-refractivity contribution in [2.75, 3.05) is 7.05 Å². The molecule has 0 spiro atoms. The average Bonchev–Trinajstić information content (AvgIpc) is 2.40. The lowest BCUT2D eigenvalue weighted by Crippen LogP contribution is -2.20. The number of benzene rings is 2. The largest absolute Gasteiger partial charge is 0.573 e. The molecule has 1 N–H and O–H groups in total. The second-order valence-electron chi connectivity index (χ2n) is 4.36. The Bertz CT molecular complexity index is 613. The molecule has 0 radical (unpaired) electrons. The van der Waals surface area contributed by atoms with Crippen molar-refractivity contribution in [1.29, 1.82) is 0 Å². The van der Waals surface area contributed by atoms with Gasteiger partial charge in [-0.05, 0) is 30.8 Å². The molecule has 2 nitrogen and oxygen atoms in total. The van der Waals surface area contributed by atoms with Crippen molar-refractivity contribution in [2.24, 2.45) is 0 Å². The van der Waals surface area contributed by atoms with E-state index in [1.807, 2.05) is 0 Å². The quantitative estimate of drug-likeness (QED) is 0.861. The fourth-order valence-electron chi connectivity index (χ4n) is 2.10. The minimum Gasteiger partial charge on any atom is -0.406 e. The summed E-state index contributed by atoms with van der Waals surface area (Å²) >= 11 is 0. The monoisotopic (exact) mass is 299 g/mol. The molecule has 0 aromatic heterocycles. The molecule has 0 aliphatic carbocycles. The second-order valence-corrected chi connectivity index (χ2v) is 4.36. The molecule has 6 heteroatoms. The number of alkyl halides is 3. The first-order chi connectivity index (χ1) is 9.90. The molecule has 21 heavy (non-hydrogen) atoms. The van der Waals surface area contributed by atoms with Crippen LogP contribution >= 0.6 is 0 Å². The topological polar surface area (TPSA) is 21.3 Å². The first-order valence-corrected chi connectivity index (χ1v) is 6.18. The third-order valence-corrected chi connectivity index (χ3v) is 2.93. The zero-order valence-corrected chi connectivity index (χ0v) is 11.1. The standard InChI is InChI=1S/C15H13F4NO/c1-20-14(12-7-2-3-8-13(12)16)10-5-4-6-11(9-10)21-15(17,18)19/h2-9,14,20H,1H3. The van der Waals surface area contributed by atoms with E-state index in [2.05, 4.69) is 10.1 Å². The van der Waals surface area contributed by atoms with Crippen LogP contribution < -0.4 is 10.1 Å². The highest BCUT2D eigenvalue weighted by atomic mass is 19.4. The van der Waals surface area contributed by atoms with Gasteiger partial charge in [0.15, 0.2) is 0 Å². The second kappa shape index (κ2) is 6.13. The van der Waals surface area contributed by atoms with E-state index in [9.17, 15) is 17.6 Å². The van der Waals surface area contributed by atoms with Crippen LogP contribution in [0.15, 0.2) is 48.5 Å². The summed E-state index contributed by atoms with van der Waals surface area (Å²) in [6.45, 7) is 0. The van der Waals surface area contributed by atoms with Gasteiger partial charge in [-0.2, -0.15) is 0 Å². The van der Waals surface area contributed by atoms with E-state index < -0.39 is 18.2 Å². The first kappa shape index (κ1) is 15.3. The predicted octanol–water partition coefficient (Wildman–Crippen LogP) is 4.03. The molecule has 0 heterocycles. The van der Waals surface area contributed by atoms with Crippen LogP contribution in [-0.2, 0) is 0 Å². The van der Waals surface area contributed by atoms with Gasteiger partial charge in [0.05, 0.1) is 6.04 Å². The van der Waals surface area contributed by atoms with Gasteiger partial charge in [0.25, 0.3) is 0 Å². The molecule has 2 rings (SSSR count). The highest BCUT2D eigenvalue weighted by molar-refractivity contribution is 5.37. The Hall–Kier alpha value is -2.08. The fourth-order valence-corrected chi connectivity index (χ4v) is 2.10. The Balaban J connectivity index is 2.35. The lowest BCUT2D eigenvalue weighted by atomic mass is 9.98. The molecule has 0 saturated heterocycles. The van der Waals surface area contributed by atoms with E-state index in [-0.39, 0.29) is 5.75 Å². The lowest BCUT2D eigenvalue weighted by Gasteiger charge is -2.19. The van der Waals surface area contributed by atoms with Crippen LogP contribution in [0.2, 0.25) is 0 Å². The van der Waals surface area contributed by atoms with Gasteiger partial charge in [0, 0.05) is 5.56 Å². The summed E-state index contributed by atoms with van der Waals surface area (Å²) < 4.78 is 54.5. The first-order valence-electron chi connectivity index (χ1n) is 6.18. The summed E-state index contributed by atoms with van der Waals surface area (Å²) in [5.41, 5.74) is 0.827. The normalized spacial score (nSPS) is 13.0. The van der Waals surface area contributed by atoms with E-state index in [1.54, 1.807) is 31.3 Å². The molecule has 0 aliphatic heterocycles. The summed E-state index contributed by atoms with van der Waals surface area (Å²) in [6.07, 6.45) is -4.76. The minimum absolute atomic E-state index is 0.336. The maximum absolute atomic E-state index is 13.8. The minimum atomic E-state index is -4.76. The Morgan fingerprint density at radius 2 is 1.76 bits per heavy atom. The van der Waals surface area contributed by atoms with E-state index in [4.69, 9.17) is 0 Å². The molecule has 0 amide bonds. The summed E-state index contributed by atoms with van der Waals surface area (Å²) in [5, 5.41) is 2.89. The molecule has 0 fully saturated rings. The summed E-state index contributed by atoms with van der Waals surface area (Å²) in [6, 6.07) is 11.0. The molecule has 1 unspecified atom stereocenters. The number of halogens is 4. The Labute approximate surface area is 119 Å². The molecule has 0 aliphatic rings. The molecular formula is C15H13F4NO. The van der Waals surface area contributed by atoms with Gasteiger partial charge in [-0.25, -0.2) is 4.39 Å². The maximum Gasteiger partial charge on any atom is 0.573 e. The summed E-state index contributed by atoms with van der Waals surface area (Å²) in [4.78, 5) is 0. The van der Waals surface area contributed by atoms with Gasteiger partial charge in [-0.15, -0.1) is 13.2 Å². The van der Waals surface area contributed by atoms with E-state index in [0.717, 1.165) is 0 Å². The Morgan fingerprint density at radius 3 is 2.38 bits per heavy atom. The lowest BCUT2D eigenvalue weighted by molar-refractivity contribution is -0.274. The van der Waals surface area contributed by atoms with Crippen LogP contribution in [0.25, 0.3) is 0 Å². The highest BCUT2D eigenvalue weighted by Crippen LogP contribution is 2.29. The smallest absolute Gasteiger partial charge is 0.406 e. The van der Waals surface area contributed by atoms with Gasteiger partial charge in [-0.3, -0.25) is 0 Å². The average molecular weight is 299 g/mol. The SMILES string of the molecule is CNC(c1cccc(OC(F)(F)F)c1)c1ccccc1F. The van der Waals surface area contributed by atoms with Gasteiger partial charge >= 0.3 is 6.36 Å². The maximum atomic E-state index is 13.8. The zero-order valence-electron chi connectivity index (χ0n) is 11.1. The van der Waals surface area contributed by atoms with Gasteiger partial charge < -0.3 is 10.1 Å². The third kappa shape index (κ3) is 3.95. The van der Waals surface area contributed by atoms with Gasteiger partial charge in [-0.1, -0.05) is 30.3 Å². The van der Waals surface area contributed by atoms with E-state index in [0.29, 0.717) is 11.1 Å². The van der Waals surface area contributed by atoms with Crippen molar-refractivity contribution in [1.82, 2.24) is 5.32 Å². The highest BCUT2D eigenvalue weighted by Gasteiger charge is 2.31. The molecule has 0 bridgehead atoms. The van der Waals surface area contributed by atoms with Crippen LogP contribution in [-0.4, -0.2) is 13.4 Å². The van der Waals surface area contributed by atoms with E-state index >= 15 is 0 Å². The molecule has 0 saturated carbocycles.